The van der Waals surface area contributed by atoms with Crippen LogP contribution in [0.3, 0.4) is 0 Å². The Morgan fingerprint density at radius 2 is 1.94 bits per heavy atom. The number of hydrogen-bond acceptors (Lipinski definition) is 1. The zero-order chi connectivity index (χ0) is 11.5. The quantitative estimate of drug-likeness (QED) is 0.749. The molecule has 1 aliphatic heterocycles. The van der Waals surface area contributed by atoms with E-state index in [9.17, 15) is 0 Å². The van der Waals surface area contributed by atoms with Crippen molar-refractivity contribution in [3.8, 4) is 0 Å². The second-order valence-corrected chi connectivity index (χ2v) is 4.67. The molecule has 1 unspecified atom stereocenters. The molecule has 2 heterocycles. The summed E-state index contributed by atoms with van der Waals surface area (Å²) in [5.41, 5.74) is 2.73. The molecular formula is C13H19N2P. The minimum absolute atomic E-state index is 0.712. The Morgan fingerprint density at radius 3 is 2.62 bits per heavy atom. The number of nitrogens with zero attached hydrogens (tertiary/aromatic N) is 1. The molecule has 0 saturated carbocycles. The van der Waals surface area contributed by atoms with Gasteiger partial charge in [0.05, 0.1) is 0 Å². The summed E-state index contributed by atoms with van der Waals surface area (Å²) in [7, 11) is 2.75. The highest BCUT2D eigenvalue weighted by atomic mass is 31.0. The molecule has 1 aromatic heterocycles. The molecule has 1 fully saturated rings. The van der Waals surface area contributed by atoms with Crippen molar-refractivity contribution in [1.82, 2.24) is 9.65 Å². The summed E-state index contributed by atoms with van der Waals surface area (Å²) < 4.78 is 2.27. The van der Waals surface area contributed by atoms with Gasteiger partial charge in [-0.1, -0.05) is 41.4 Å². The van der Waals surface area contributed by atoms with Crippen LogP contribution in [0.4, 0.5) is 0 Å². The molecule has 3 rings (SSSR count). The van der Waals surface area contributed by atoms with E-state index in [1.807, 2.05) is 13.8 Å². The highest BCUT2D eigenvalue weighted by Crippen LogP contribution is 2.33. The third-order valence-electron chi connectivity index (χ3n) is 2.97. The van der Waals surface area contributed by atoms with Crippen molar-refractivity contribution in [3.63, 3.8) is 0 Å². The van der Waals surface area contributed by atoms with Crippen LogP contribution in [-0.2, 0) is 0 Å². The standard InChI is InChI=1S/C11H13N2P.C2H6/c14-13-6-8(7-13)10-5-12-11-4-2-1-3-9(10)11;1-2/h1-5,8,12H,6-7,14H2;1-2H3. The van der Waals surface area contributed by atoms with Gasteiger partial charge in [-0.15, -0.1) is 0 Å². The van der Waals surface area contributed by atoms with E-state index in [0.29, 0.717) is 5.92 Å². The molecule has 1 aromatic carbocycles. The lowest BCUT2D eigenvalue weighted by molar-refractivity contribution is 0.291. The second-order valence-electron chi connectivity index (χ2n) is 3.94. The zero-order valence-corrected chi connectivity index (χ0v) is 11.1. The van der Waals surface area contributed by atoms with Crippen LogP contribution in [-0.4, -0.2) is 22.7 Å². The number of H-pyrrole nitrogens is 1. The van der Waals surface area contributed by atoms with E-state index in [1.165, 1.54) is 16.5 Å². The van der Waals surface area contributed by atoms with Gasteiger partial charge in [0.2, 0.25) is 0 Å². The maximum absolute atomic E-state index is 3.33. The van der Waals surface area contributed by atoms with Gasteiger partial charge in [-0.3, -0.25) is 4.67 Å². The first kappa shape index (κ1) is 11.6. The Kier molecular flexibility index (Phi) is 3.63. The summed E-state index contributed by atoms with van der Waals surface area (Å²) in [6, 6.07) is 8.52. The molecule has 86 valence electrons. The zero-order valence-electron chi connectivity index (χ0n) is 9.90. The molecule has 0 amide bonds. The predicted molar refractivity (Wildman–Crippen MR) is 73.7 cm³/mol. The van der Waals surface area contributed by atoms with Crippen LogP contribution in [0, 0.1) is 0 Å². The predicted octanol–water partition coefficient (Wildman–Crippen LogP) is 3.38. The summed E-state index contributed by atoms with van der Waals surface area (Å²) in [5, 5.41) is 1.38. The van der Waals surface area contributed by atoms with Gasteiger partial charge in [0.25, 0.3) is 0 Å². The van der Waals surface area contributed by atoms with Gasteiger partial charge >= 0.3 is 0 Å². The van der Waals surface area contributed by atoms with Crippen molar-refractivity contribution in [2.45, 2.75) is 19.8 Å². The topological polar surface area (TPSA) is 19.0 Å². The summed E-state index contributed by atoms with van der Waals surface area (Å²) in [4.78, 5) is 3.33. The molecule has 1 atom stereocenters. The van der Waals surface area contributed by atoms with E-state index >= 15 is 0 Å². The molecule has 16 heavy (non-hydrogen) atoms. The number of hydrogen-bond donors (Lipinski definition) is 1. The lowest BCUT2D eigenvalue weighted by Crippen LogP contribution is -2.37. The van der Waals surface area contributed by atoms with Gasteiger partial charge in [0.1, 0.15) is 0 Å². The Labute approximate surface area is 99.3 Å². The van der Waals surface area contributed by atoms with Gasteiger partial charge in [0, 0.05) is 36.1 Å². The lowest BCUT2D eigenvalue weighted by Gasteiger charge is -2.35. The van der Waals surface area contributed by atoms with E-state index in [2.05, 4.69) is 49.5 Å². The van der Waals surface area contributed by atoms with Gasteiger partial charge in [-0.25, -0.2) is 0 Å². The average Bonchev–Trinajstić information content (AvgIpc) is 2.71. The largest absolute Gasteiger partial charge is 0.361 e. The van der Waals surface area contributed by atoms with E-state index in [1.54, 1.807) is 0 Å². The number of rotatable bonds is 1. The van der Waals surface area contributed by atoms with Crippen LogP contribution in [0.25, 0.3) is 10.9 Å². The van der Waals surface area contributed by atoms with E-state index in [4.69, 9.17) is 0 Å². The monoisotopic (exact) mass is 234 g/mol. The summed E-state index contributed by atoms with van der Waals surface area (Å²) in [6.45, 7) is 6.32. The molecule has 2 nitrogen and oxygen atoms in total. The number of nitrogens with one attached hydrogen (secondary N) is 1. The summed E-state index contributed by atoms with van der Waals surface area (Å²) in [6.07, 6.45) is 2.16. The summed E-state index contributed by atoms with van der Waals surface area (Å²) in [5.74, 6) is 0.712. The van der Waals surface area contributed by atoms with Crippen molar-refractivity contribution in [1.29, 1.82) is 0 Å². The Bertz CT molecular complexity index is 458. The first-order valence-electron chi connectivity index (χ1n) is 5.90. The van der Waals surface area contributed by atoms with E-state index in [-0.39, 0.29) is 0 Å². The molecular weight excluding hydrogens is 215 g/mol. The van der Waals surface area contributed by atoms with Crippen LogP contribution < -0.4 is 0 Å². The minimum Gasteiger partial charge on any atom is -0.361 e. The van der Waals surface area contributed by atoms with Crippen molar-refractivity contribution in [3.05, 3.63) is 36.0 Å². The van der Waals surface area contributed by atoms with Crippen molar-refractivity contribution < 1.29 is 0 Å². The second kappa shape index (κ2) is 4.99. The first-order chi connectivity index (χ1) is 7.84. The van der Waals surface area contributed by atoms with Gasteiger partial charge in [0.15, 0.2) is 0 Å². The van der Waals surface area contributed by atoms with E-state index < -0.39 is 0 Å². The molecule has 1 N–H and O–H groups in total. The van der Waals surface area contributed by atoms with Crippen LogP contribution in [0.5, 0.6) is 0 Å². The molecule has 1 saturated heterocycles. The molecule has 1 aliphatic rings. The van der Waals surface area contributed by atoms with Crippen LogP contribution >= 0.6 is 9.39 Å². The molecule has 0 radical (unpaired) electrons. The van der Waals surface area contributed by atoms with Crippen molar-refractivity contribution in [2.75, 3.05) is 13.1 Å². The van der Waals surface area contributed by atoms with Gasteiger partial charge in [-0.05, 0) is 11.6 Å². The summed E-state index contributed by atoms with van der Waals surface area (Å²) >= 11 is 0. The third kappa shape index (κ3) is 2.00. The van der Waals surface area contributed by atoms with Gasteiger partial charge in [-0.2, -0.15) is 0 Å². The van der Waals surface area contributed by atoms with Crippen LogP contribution in [0.1, 0.15) is 25.3 Å². The first-order valence-corrected chi connectivity index (χ1v) is 6.42. The fourth-order valence-electron chi connectivity index (χ4n) is 2.14. The van der Waals surface area contributed by atoms with E-state index in [0.717, 1.165) is 13.1 Å². The smallest absolute Gasteiger partial charge is 0.0456 e. The average molecular weight is 234 g/mol. The maximum Gasteiger partial charge on any atom is 0.0456 e. The number of benzene rings is 1. The Balaban J connectivity index is 0.000000457. The number of aromatic nitrogens is 1. The Morgan fingerprint density at radius 1 is 1.25 bits per heavy atom. The number of fused-ring (bicyclic) bond motifs is 1. The lowest BCUT2D eigenvalue weighted by atomic mass is 9.93. The van der Waals surface area contributed by atoms with Crippen molar-refractivity contribution in [2.24, 2.45) is 0 Å². The SMILES string of the molecule is CC.PN1CC(c2c[nH]c3ccccc23)C1. The van der Waals surface area contributed by atoms with Crippen LogP contribution in [0.2, 0.25) is 0 Å². The molecule has 0 spiro atoms. The van der Waals surface area contributed by atoms with Crippen LogP contribution in [0.15, 0.2) is 30.5 Å². The third-order valence-corrected chi connectivity index (χ3v) is 3.39. The highest BCUT2D eigenvalue weighted by molar-refractivity contribution is 7.13. The highest BCUT2D eigenvalue weighted by Gasteiger charge is 2.26. The number of para-hydroxylation sites is 1. The van der Waals surface area contributed by atoms with Crippen molar-refractivity contribution >= 4 is 20.3 Å². The van der Waals surface area contributed by atoms with Gasteiger partial charge < -0.3 is 4.98 Å². The molecule has 2 aromatic rings. The fourth-order valence-corrected chi connectivity index (χ4v) is 2.65. The maximum atomic E-state index is 3.33. The molecule has 0 aliphatic carbocycles. The minimum atomic E-state index is 0.712. The fraction of sp³-hybridized carbons (Fsp3) is 0.385. The normalized spacial score (nSPS) is 16.7. The molecule has 3 heteroatoms. The molecule has 0 bridgehead atoms. The number of aromatic amines is 1. The Hall–Kier alpha value is -0.850.